The van der Waals surface area contributed by atoms with Gasteiger partial charge < -0.3 is 15.1 Å². The number of hydrogen-bond donors (Lipinski definition) is 1. The highest BCUT2D eigenvalue weighted by Gasteiger charge is 2.35. The maximum Gasteiger partial charge on any atom is 0.254 e. The van der Waals surface area contributed by atoms with Crippen molar-refractivity contribution in [1.29, 1.82) is 0 Å². The first-order valence-electron chi connectivity index (χ1n) is 10.2. The number of fused-ring (bicyclic) bond motifs is 2. The second-order valence-electron chi connectivity index (χ2n) is 8.22. The van der Waals surface area contributed by atoms with Gasteiger partial charge in [0.1, 0.15) is 5.82 Å². The molecule has 1 N–H and O–H groups in total. The normalized spacial score (nSPS) is 27.1. The van der Waals surface area contributed by atoms with Crippen LogP contribution in [-0.4, -0.2) is 59.9 Å². The summed E-state index contributed by atoms with van der Waals surface area (Å²) in [5, 5.41) is 3.63. The van der Waals surface area contributed by atoms with Gasteiger partial charge in [-0.1, -0.05) is 6.07 Å². The number of carbonyl (C=O) groups excluding carboxylic acids is 2. The largest absolute Gasteiger partial charge is 0.341 e. The van der Waals surface area contributed by atoms with E-state index in [0.29, 0.717) is 56.2 Å². The van der Waals surface area contributed by atoms with Gasteiger partial charge in [-0.25, -0.2) is 4.39 Å². The van der Waals surface area contributed by atoms with Crippen LogP contribution in [0, 0.1) is 11.7 Å². The van der Waals surface area contributed by atoms with Gasteiger partial charge in [-0.15, -0.1) is 12.4 Å². The van der Waals surface area contributed by atoms with Crippen LogP contribution in [0.5, 0.6) is 0 Å². The Labute approximate surface area is 172 Å². The summed E-state index contributed by atoms with van der Waals surface area (Å²) in [6.07, 6.45) is 6.11. The van der Waals surface area contributed by atoms with Crippen LogP contribution in [0.15, 0.2) is 24.3 Å². The van der Waals surface area contributed by atoms with E-state index >= 15 is 0 Å². The number of nitrogens with zero attached hydrogens (tertiary/aromatic N) is 2. The van der Waals surface area contributed by atoms with Crippen molar-refractivity contribution in [2.24, 2.45) is 5.92 Å². The zero-order valence-corrected chi connectivity index (χ0v) is 16.9. The lowest BCUT2D eigenvalue weighted by Gasteiger charge is -2.30. The van der Waals surface area contributed by atoms with Crippen molar-refractivity contribution >= 4 is 24.2 Å². The Kier molecular flexibility index (Phi) is 6.94. The molecule has 154 valence electrons. The third kappa shape index (κ3) is 4.84. The van der Waals surface area contributed by atoms with Crippen LogP contribution < -0.4 is 5.32 Å². The molecule has 0 aromatic heterocycles. The molecule has 3 heterocycles. The molecule has 5 nitrogen and oxygen atoms in total. The van der Waals surface area contributed by atoms with Crippen molar-refractivity contribution < 1.29 is 14.0 Å². The summed E-state index contributed by atoms with van der Waals surface area (Å²) >= 11 is 0. The Morgan fingerprint density at radius 3 is 2.43 bits per heavy atom. The van der Waals surface area contributed by atoms with Gasteiger partial charge in [0.2, 0.25) is 5.91 Å². The molecular formula is C21H29ClFN3O2. The standard InChI is InChI=1S/C21H28FN3O2.ClH/c22-17-4-1-3-16(14-17)21(27)25-8-2-7-24(9-10-25)20(26)13-15-11-18-5-6-19(12-15)23-18;/h1,3-4,14-15,18-19,23H,2,5-13H2;1H. The molecule has 3 aliphatic heterocycles. The predicted octanol–water partition coefficient (Wildman–Crippen LogP) is 2.84. The Balaban J connectivity index is 0.00000225. The average molecular weight is 410 g/mol. The fraction of sp³-hybridized carbons (Fsp3) is 0.619. The first-order valence-corrected chi connectivity index (χ1v) is 10.2. The molecule has 1 aromatic carbocycles. The van der Waals surface area contributed by atoms with E-state index in [1.165, 1.54) is 25.0 Å². The Morgan fingerprint density at radius 1 is 1.04 bits per heavy atom. The number of carbonyl (C=O) groups is 2. The van der Waals surface area contributed by atoms with Crippen LogP contribution >= 0.6 is 12.4 Å². The fourth-order valence-electron chi connectivity index (χ4n) is 4.89. The molecule has 3 saturated heterocycles. The first kappa shape index (κ1) is 21.1. The van der Waals surface area contributed by atoms with Crippen molar-refractivity contribution in [3.63, 3.8) is 0 Å². The van der Waals surface area contributed by atoms with Gasteiger partial charge in [0.25, 0.3) is 5.91 Å². The van der Waals surface area contributed by atoms with Crippen molar-refractivity contribution in [2.45, 2.75) is 50.6 Å². The molecular weight excluding hydrogens is 381 g/mol. The molecule has 2 atom stereocenters. The Bertz CT molecular complexity index is 705. The molecule has 0 radical (unpaired) electrons. The van der Waals surface area contributed by atoms with E-state index < -0.39 is 5.82 Å². The van der Waals surface area contributed by atoms with E-state index in [1.54, 1.807) is 17.0 Å². The molecule has 3 fully saturated rings. The Morgan fingerprint density at radius 2 is 1.71 bits per heavy atom. The van der Waals surface area contributed by atoms with Crippen LogP contribution in [0.1, 0.15) is 48.9 Å². The van der Waals surface area contributed by atoms with Gasteiger partial charge in [0.15, 0.2) is 0 Å². The summed E-state index contributed by atoms with van der Waals surface area (Å²) in [7, 11) is 0. The first-order chi connectivity index (χ1) is 13.1. The van der Waals surface area contributed by atoms with Crippen LogP contribution in [0.3, 0.4) is 0 Å². The monoisotopic (exact) mass is 409 g/mol. The lowest BCUT2D eigenvalue weighted by Crippen LogP contribution is -2.41. The van der Waals surface area contributed by atoms with Gasteiger partial charge in [-0.3, -0.25) is 9.59 Å². The third-order valence-corrected chi connectivity index (χ3v) is 6.24. The smallest absolute Gasteiger partial charge is 0.254 e. The number of halogens is 2. The number of amides is 2. The number of nitrogens with one attached hydrogen (secondary N) is 1. The number of rotatable bonds is 3. The number of hydrogen-bond acceptors (Lipinski definition) is 3. The molecule has 1 aromatic rings. The Hall–Kier alpha value is -1.66. The maximum atomic E-state index is 13.4. The second kappa shape index (κ2) is 9.23. The van der Waals surface area contributed by atoms with Gasteiger partial charge in [-0.2, -0.15) is 0 Å². The van der Waals surface area contributed by atoms with Crippen molar-refractivity contribution in [3.05, 3.63) is 35.6 Å². The lowest BCUT2D eigenvalue weighted by atomic mass is 9.89. The zero-order chi connectivity index (χ0) is 18.8. The van der Waals surface area contributed by atoms with Crippen LogP contribution in [0.2, 0.25) is 0 Å². The van der Waals surface area contributed by atoms with Gasteiger partial charge >= 0.3 is 0 Å². The molecule has 2 amide bonds. The number of piperidine rings is 1. The predicted molar refractivity (Wildman–Crippen MR) is 108 cm³/mol. The van der Waals surface area contributed by atoms with E-state index in [-0.39, 0.29) is 24.2 Å². The molecule has 0 spiro atoms. The summed E-state index contributed by atoms with van der Waals surface area (Å²) in [5.74, 6) is 0.160. The highest BCUT2D eigenvalue weighted by molar-refractivity contribution is 5.94. The van der Waals surface area contributed by atoms with Crippen LogP contribution in [0.25, 0.3) is 0 Å². The van der Waals surface area contributed by atoms with E-state index in [9.17, 15) is 14.0 Å². The molecule has 0 aliphatic carbocycles. The molecule has 3 aliphatic rings. The fourth-order valence-corrected chi connectivity index (χ4v) is 4.89. The minimum absolute atomic E-state index is 0. The summed E-state index contributed by atoms with van der Waals surface area (Å²) in [6, 6.07) is 7.02. The lowest BCUT2D eigenvalue weighted by molar-refractivity contribution is -0.132. The molecule has 4 rings (SSSR count). The maximum absolute atomic E-state index is 13.4. The summed E-state index contributed by atoms with van der Waals surface area (Å²) in [6.45, 7) is 2.39. The van der Waals surface area contributed by atoms with Crippen molar-refractivity contribution in [3.8, 4) is 0 Å². The van der Waals surface area contributed by atoms with Crippen LogP contribution in [0.4, 0.5) is 4.39 Å². The zero-order valence-electron chi connectivity index (χ0n) is 16.1. The minimum Gasteiger partial charge on any atom is -0.341 e. The van der Waals surface area contributed by atoms with E-state index in [4.69, 9.17) is 0 Å². The molecule has 0 saturated carbocycles. The van der Waals surface area contributed by atoms with E-state index in [1.807, 2.05) is 4.90 Å². The third-order valence-electron chi connectivity index (χ3n) is 6.24. The van der Waals surface area contributed by atoms with E-state index in [0.717, 1.165) is 19.3 Å². The molecule has 2 bridgehead atoms. The highest BCUT2D eigenvalue weighted by Crippen LogP contribution is 2.33. The average Bonchev–Trinajstić information content (AvgIpc) is 2.86. The van der Waals surface area contributed by atoms with Gasteiger partial charge in [0.05, 0.1) is 0 Å². The summed E-state index contributed by atoms with van der Waals surface area (Å²) < 4.78 is 13.4. The van der Waals surface area contributed by atoms with E-state index in [2.05, 4.69) is 5.32 Å². The quantitative estimate of drug-likeness (QED) is 0.835. The molecule has 2 unspecified atom stereocenters. The van der Waals surface area contributed by atoms with Crippen molar-refractivity contribution in [2.75, 3.05) is 26.2 Å². The van der Waals surface area contributed by atoms with Crippen molar-refractivity contribution in [1.82, 2.24) is 15.1 Å². The highest BCUT2D eigenvalue weighted by atomic mass is 35.5. The molecule has 28 heavy (non-hydrogen) atoms. The molecule has 7 heteroatoms. The SMILES string of the molecule is Cl.O=C(CC1CC2CCC(C1)N2)N1CCCN(C(=O)c2cccc(F)c2)CC1. The summed E-state index contributed by atoms with van der Waals surface area (Å²) in [4.78, 5) is 29.1. The number of benzene rings is 1. The van der Waals surface area contributed by atoms with Crippen LogP contribution in [-0.2, 0) is 4.79 Å². The summed E-state index contributed by atoms with van der Waals surface area (Å²) in [5.41, 5.74) is 0.375. The van der Waals surface area contributed by atoms with Gasteiger partial charge in [-0.05, 0) is 56.2 Å². The minimum atomic E-state index is -0.400. The topological polar surface area (TPSA) is 52.7 Å². The second-order valence-corrected chi connectivity index (χ2v) is 8.22. The van der Waals surface area contributed by atoms with Gasteiger partial charge in [0, 0.05) is 50.2 Å².